The highest BCUT2D eigenvalue weighted by Crippen LogP contribution is 2.27. The maximum absolute atomic E-state index is 13.4. The van der Waals surface area contributed by atoms with Gasteiger partial charge in [0.2, 0.25) is 0 Å². The number of hydrogen-bond donors (Lipinski definition) is 1. The molecule has 0 aliphatic carbocycles. The monoisotopic (exact) mass is 198 g/mol. The third kappa shape index (κ3) is 2.47. The van der Waals surface area contributed by atoms with E-state index in [0.29, 0.717) is 5.92 Å². The second kappa shape index (κ2) is 4.66. The molecule has 0 bridgehead atoms. The van der Waals surface area contributed by atoms with E-state index in [1.165, 1.54) is 6.07 Å². The quantitative estimate of drug-likeness (QED) is 0.697. The molecule has 0 fully saturated rings. The van der Waals surface area contributed by atoms with E-state index in [1.807, 2.05) is 6.07 Å². The van der Waals surface area contributed by atoms with E-state index in [4.69, 9.17) is 0 Å². The third-order valence-corrected chi connectivity index (χ3v) is 2.68. The van der Waals surface area contributed by atoms with Crippen molar-refractivity contribution in [3.05, 3.63) is 29.6 Å². The first-order chi connectivity index (χ1) is 6.19. The van der Waals surface area contributed by atoms with E-state index < -0.39 is 0 Å². The maximum atomic E-state index is 13.4. The summed E-state index contributed by atoms with van der Waals surface area (Å²) in [5.41, 5.74) is 0.803. The van der Waals surface area contributed by atoms with Crippen molar-refractivity contribution in [3.8, 4) is 0 Å². The van der Waals surface area contributed by atoms with Crippen molar-refractivity contribution in [1.29, 1.82) is 0 Å². The summed E-state index contributed by atoms with van der Waals surface area (Å²) in [4.78, 5) is 0.836. The lowest BCUT2D eigenvalue weighted by Gasteiger charge is -2.13. The Morgan fingerprint density at radius 3 is 2.46 bits per heavy atom. The van der Waals surface area contributed by atoms with Gasteiger partial charge >= 0.3 is 0 Å². The number of benzene rings is 1. The van der Waals surface area contributed by atoms with Gasteiger partial charge in [-0.05, 0) is 42.5 Å². The summed E-state index contributed by atoms with van der Waals surface area (Å²) < 4.78 is 13.4. The average molecular weight is 198 g/mol. The second-order valence-corrected chi connectivity index (χ2v) is 3.74. The van der Waals surface area contributed by atoms with Crippen LogP contribution in [0.3, 0.4) is 0 Å². The summed E-state index contributed by atoms with van der Waals surface area (Å²) in [6.45, 7) is 4.16. The lowest BCUT2D eigenvalue weighted by molar-refractivity contribution is 0.556. The van der Waals surface area contributed by atoms with E-state index in [9.17, 15) is 4.39 Å². The first kappa shape index (κ1) is 10.6. The molecule has 13 heavy (non-hydrogen) atoms. The van der Waals surface area contributed by atoms with Crippen molar-refractivity contribution in [2.45, 2.75) is 37.5 Å². The second-order valence-electron chi connectivity index (χ2n) is 3.22. The summed E-state index contributed by atoms with van der Waals surface area (Å²) in [5.74, 6) is 0.221. The van der Waals surface area contributed by atoms with Crippen molar-refractivity contribution >= 4 is 12.6 Å². The molecular weight excluding hydrogens is 183 g/mol. The molecule has 0 aromatic heterocycles. The van der Waals surface area contributed by atoms with E-state index >= 15 is 0 Å². The smallest absolute Gasteiger partial charge is 0.126 e. The zero-order valence-corrected chi connectivity index (χ0v) is 8.94. The molecule has 1 aromatic rings. The number of halogens is 1. The van der Waals surface area contributed by atoms with Crippen LogP contribution in [0, 0.1) is 5.82 Å². The van der Waals surface area contributed by atoms with Gasteiger partial charge in [0.15, 0.2) is 0 Å². The molecular formula is C11H15FS. The molecule has 1 aromatic carbocycles. The van der Waals surface area contributed by atoms with Crippen LogP contribution in [0.1, 0.15) is 38.2 Å². The van der Waals surface area contributed by atoms with Crippen LogP contribution in [-0.2, 0) is 0 Å². The standard InChI is InChI=1S/C11H15FS/c1-3-8(4-2)10-7-9(13)5-6-11(10)12/h5-8,13H,3-4H2,1-2H3. The minimum Gasteiger partial charge on any atom is -0.207 e. The van der Waals surface area contributed by atoms with Crippen molar-refractivity contribution < 1.29 is 4.39 Å². The number of hydrogen-bond acceptors (Lipinski definition) is 1. The molecule has 0 nitrogen and oxygen atoms in total. The maximum Gasteiger partial charge on any atom is 0.126 e. The largest absolute Gasteiger partial charge is 0.207 e. The Morgan fingerprint density at radius 1 is 1.31 bits per heavy atom. The van der Waals surface area contributed by atoms with Gasteiger partial charge in [-0.1, -0.05) is 13.8 Å². The van der Waals surface area contributed by atoms with Crippen LogP contribution >= 0.6 is 12.6 Å². The fraction of sp³-hybridized carbons (Fsp3) is 0.455. The average Bonchev–Trinajstić information content (AvgIpc) is 2.13. The van der Waals surface area contributed by atoms with Crippen LogP contribution in [0.2, 0.25) is 0 Å². The lowest BCUT2D eigenvalue weighted by atomic mass is 9.94. The van der Waals surface area contributed by atoms with E-state index in [0.717, 1.165) is 23.3 Å². The lowest BCUT2D eigenvalue weighted by Crippen LogP contribution is -1.98. The van der Waals surface area contributed by atoms with Gasteiger partial charge in [-0.15, -0.1) is 12.6 Å². The predicted molar refractivity (Wildman–Crippen MR) is 57.0 cm³/mol. The van der Waals surface area contributed by atoms with Gasteiger partial charge in [0, 0.05) is 4.90 Å². The third-order valence-electron chi connectivity index (χ3n) is 2.41. The minimum atomic E-state index is -0.105. The van der Waals surface area contributed by atoms with Crippen molar-refractivity contribution in [2.24, 2.45) is 0 Å². The molecule has 72 valence electrons. The molecule has 0 N–H and O–H groups in total. The first-order valence-electron chi connectivity index (χ1n) is 4.67. The number of thiol groups is 1. The zero-order chi connectivity index (χ0) is 9.84. The molecule has 0 atom stereocenters. The van der Waals surface area contributed by atoms with Crippen LogP contribution in [0.25, 0.3) is 0 Å². The van der Waals surface area contributed by atoms with Crippen LogP contribution < -0.4 is 0 Å². The molecule has 0 saturated carbocycles. The summed E-state index contributed by atoms with van der Waals surface area (Å²) in [5, 5.41) is 0. The summed E-state index contributed by atoms with van der Waals surface area (Å²) in [6, 6.07) is 5.01. The summed E-state index contributed by atoms with van der Waals surface area (Å²) >= 11 is 4.21. The van der Waals surface area contributed by atoms with E-state index in [2.05, 4.69) is 26.5 Å². The van der Waals surface area contributed by atoms with Gasteiger partial charge in [-0.2, -0.15) is 0 Å². The van der Waals surface area contributed by atoms with Crippen LogP contribution in [0.4, 0.5) is 4.39 Å². The molecule has 0 aliphatic heterocycles. The van der Waals surface area contributed by atoms with Crippen molar-refractivity contribution in [2.75, 3.05) is 0 Å². The molecule has 2 heteroatoms. The van der Waals surface area contributed by atoms with Gasteiger partial charge in [-0.25, -0.2) is 4.39 Å². The predicted octanol–water partition coefficient (Wildman–Crippen LogP) is 4.02. The number of rotatable bonds is 3. The summed E-state index contributed by atoms with van der Waals surface area (Å²) in [7, 11) is 0. The Labute approximate surface area is 84.6 Å². The summed E-state index contributed by atoms with van der Waals surface area (Å²) in [6.07, 6.45) is 1.95. The highest BCUT2D eigenvalue weighted by Gasteiger charge is 2.11. The Balaban J connectivity index is 3.03. The fourth-order valence-corrected chi connectivity index (χ4v) is 1.79. The highest BCUT2D eigenvalue weighted by molar-refractivity contribution is 7.80. The SMILES string of the molecule is CCC(CC)c1cc(S)ccc1F. The first-order valence-corrected chi connectivity index (χ1v) is 5.12. The van der Waals surface area contributed by atoms with Crippen LogP contribution in [0.15, 0.2) is 23.1 Å². The van der Waals surface area contributed by atoms with Gasteiger partial charge < -0.3 is 0 Å². The van der Waals surface area contributed by atoms with E-state index in [1.54, 1.807) is 6.07 Å². The normalized spacial score (nSPS) is 10.8. The Hall–Kier alpha value is -0.500. The molecule has 0 aliphatic rings. The molecule has 0 spiro atoms. The fourth-order valence-electron chi connectivity index (χ4n) is 1.57. The Bertz CT molecular complexity index is 279. The molecule has 0 radical (unpaired) electrons. The van der Waals surface area contributed by atoms with Crippen molar-refractivity contribution in [1.82, 2.24) is 0 Å². The molecule has 0 unspecified atom stereocenters. The Morgan fingerprint density at radius 2 is 1.92 bits per heavy atom. The van der Waals surface area contributed by atoms with Crippen LogP contribution in [0.5, 0.6) is 0 Å². The molecule has 0 saturated heterocycles. The minimum absolute atomic E-state index is 0.105. The highest BCUT2D eigenvalue weighted by atomic mass is 32.1. The van der Waals surface area contributed by atoms with Gasteiger partial charge in [-0.3, -0.25) is 0 Å². The van der Waals surface area contributed by atoms with Gasteiger partial charge in [0.25, 0.3) is 0 Å². The van der Waals surface area contributed by atoms with Crippen molar-refractivity contribution in [3.63, 3.8) is 0 Å². The molecule has 1 rings (SSSR count). The van der Waals surface area contributed by atoms with E-state index in [-0.39, 0.29) is 5.82 Å². The Kier molecular flexibility index (Phi) is 3.79. The molecule has 0 amide bonds. The van der Waals surface area contributed by atoms with Crippen LogP contribution in [-0.4, -0.2) is 0 Å². The zero-order valence-electron chi connectivity index (χ0n) is 8.05. The topological polar surface area (TPSA) is 0 Å². The van der Waals surface area contributed by atoms with Gasteiger partial charge in [0.1, 0.15) is 5.82 Å². The van der Waals surface area contributed by atoms with Gasteiger partial charge in [0.05, 0.1) is 0 Å². The molecule has 0 heterocycles.